The summed E-state index contributed by atoms with van der Waals surface area (Å²) >= 11 is 0. The molecule has 128 valence electrons. The molecular formula is C20H26N2O2. The number of aryl methyl sites for hydroxylation is 1. The second-order valence-electron chi connectivity index (χ2n) is 6.05. The molecule has 0 spiro atoms. The van der Waals surface area contributed by atoms with E-state index in [4.69, 9.17) is 0 Å². The average Bonchev–Trinajstić information content (AvgIpc) is 2.64. The lowest BCUT2D eigenvalue weighted by molar-refractivity contribution is 0.0963. The Kier molecular flexibility index (Phi) is 6.97. The highest BCUT2D eigenvalue weighted by Gasteiger charge is 2.09. The molecular weight excluding hydrogens is 300 g/mol. The summed E-state index contributed by atoms with van der Waals surface area (Å²) in [5, 5.41) is 16.2. The number of nitrogens with one attached hydrogen (secondary N) is 2. The van der Waals surface area contributed by atoms with Crippen LogP contribution in [0.25, 0.3) is 0 Å². The highest BCUT2D eigenvalue weighted by atomic mass is 16.3. The van der Waals surface area contributed by atoms with E-state index >= 15 is 0 Å². The Morgan fingerprint density at radius 1 is 1.08 bits per heavy atom. The second-order valence-corrected chi connectivity index (χ2v) is 6.05. The van der Waals surface area contributed by atoms with Gasteiger partial charge in [0.15, 0.2) is 0 Å². The second kappa shape index (κ2) is 9.21. The maximum absolute atomic E-state index is 11.5. The molecule has 3 N–H and O–H groups in total. The molecule has 2 aromatic rings. The van der Waals surface area contributed by atoms with Crippen LogP contribution in [0.1, 0.15) is 40.9 Å². The van der Waals surface area contributed by atoms with Crippen molar-refractivity contribution in [3.05, 3.63) is 71.3 Å². The lowest BCUT2D eigenvalue weighted by atomic mass is 10.0. The van der Waals surface area contributed by atoms with Crippen molar-refractivity contribution in [1.29, 1.82) is 0 Å². The van der Waals surface area contributed by atoms with Gasteiger partial charge in [-0.1, -0.05) is 42.5 Å². The standard InChI is InChI=1S/C20H26N2O2/c1-15(22-14-19(23)17-6-4-3-5-7-17)8-9-16-10-12-18(13-11-16)20(24)21-2/h3-7,10-13,15,19,22-23H,8-9,14H2,1-2H3,(H,21,24)/t15-,19-/m0/s1. The molecule has 24 heavy (non-hydrogen) atoms. The van der Waals surface area contributed by atoms with Gasteiger partial charge in [-0.3, -0.25) is 4.79 Å². The summed E-state index contributed by atoms with van der Waals surface area (Å²) in [6.45, 7) is 2.66. The molecule has 0 heterocycles. The molecule has 0 unspecified atom stereocenters. The zero-order valence-corrected chi connectivity index (χ0v) is 14.3. The van der Waals surface area contributed by atoms with Crippen molar-refractivity contribution in [3.63, 3.8) is 0 Å². The van der Waals surface area contributed by atoms with Crippen LogP contribution in [0, 0.1) is 0 Å². The van der Waals surface area contributed by atoms with Crippen molar-refractivity contribution in [3.8, 4) is 0 Å². The largest absolute Gasteiger partial charge is 0.387 e. The number of aliphatic hydroxyl groups is 1. The summed E-state index contributed by atoms with van der Waals surface area (Å²) in [5.74, 6) is -0.0634. The molecule has 1 amide bonds. The van der Waals surface area contributed by atoms with Gasteiger partial charge in [0.1, 0.15) is 0 Å². The number of aliphatic hydroxyl groups excluding tert-OH is 1. The van der Waals surface area contributed by atoms with Gasteiger partial charge < -0.3 is 15.7 Å². The first-order valence-electron chi connectivity index (χ1n) is 8.37. The molecule has 0 fully saturated rings. The summed E-state index contributed by atoms with van der Waals surface area (Å²) in [7, 11) is 1.63. The number of benzene rings is 2. The number of rotatable bonds is 8. The molecule has 4 heteroatoms. The Hall–Kier alpha value is -2.17. The van der Waals surface area contributed by atoms with Gasteiger partial charge >= 0.3 is 0 Å². The van der Waals surface area contributed by atoms with Crippen molar-refractivity contribution >= 4 is 5.91 Å². The molecule has 0 aliphatic rings. The van der Waals surface area contributed by atoms with Gasteiger partial charge in [0, 0.05) is 25.2 Å². The Morgan fingerprint density at radius 2 is 1.75 bits per heavy atom. The lowest BCUT2D eigenvalue weighted by Gasteiger charge is -2.17. The summed E-state index contributed by atoms with van der Waals surface area (Å²) in [6.07, 6.45) is 1.42. The summed E-state index contributed by atoms with van der Waals surface area (Å²) in [5.41, 5.74) is 2.82. The summed E-state index contributed by atoms with van der Waals surface area (Å²) < 4.78 is 0. The van der Waals surface area contributed by atoms with E-state index in [0.717, 1.165) is 18.4 Å². The molecule has 0 aliphatic carbocycles. The summed E-state index contributed by atoms with van der Waals surface area (Å²) in [4.78, 5) is 11.5. The fraction of sp³-hybridized carbons (Fsp3) is 0.350. The van der Waals surface area contributed by atoms with Gasteiger partial charge in [-0.25, -0.2) is 0 Å². The number of hydrogen-bond donors (Lipinski definition) is 3. The van der Waals surface area contributed by atoms with Crippen LogP contribution in [0.15, 0.2) is 54.6 Å². The van der Waals surface area contributed by atoms with Gasteiger partial charge in [0.2, 0.25) is 0 Å². The van der Waals surface area contributed by atoms with Crippen LogP contribution >= 0.6 is 0 Å². The minimum absolute atomic E-state index is 0.0634. The first kappa shape index (κ1) is 18.2. The average molecular weight is 326 g/mol. The van der Waals surface area contributed by atoms with Crippen LogP contribution in [0.5, 0.6) is 0 Å². The number of amides is 1. The van der Waals surface area contributed by atoms with Crippen LogP contribution < -0.4 is 10.6 Å². The monoisotopic (exact) mass is 326 g/mol. The molecule has 0 saturated heterocycles. The lowest BCUT2D eigenvalue weighted by Crippen LogP contribution is -2.30. The highest BCUT2D eigenvalue weighted by Crippen LogP contribution is 2.12. The van der Waals surface area contributed by atoms with Crippen molar-refractivity contribution < 1.29 is 9.90 Å². The van der Waals surface area contributed by atoms with Crippen LogP contribution in [0.3, 0.4) is 0 Å². The molecule has 2 aromatic carbocycles. The third kappa shape index (κ3) is 5.48. The minimum atomic E-state index is -0.486. The van der Waals surface area contributed by atoms with Gasteiger partial charge in [-0.05, 0) is 43.0 Å². The zero-order valence-electron chi connectivity index (χ0n) is 14.3. The molecule has 0 saturated carbocycles. The third-order valence-electron chi connectivity index (χ3n) is 4.15. The van der Waals surface area contributed by atoms with E-state index < -0.39 is 6.10 Å². The van der Waals surface area contributed by atoms with Crippen LogP contribution in [-0.2, 0) is 6.42 Å². The first-order chi connectivity index (χ1) is 11.6. The van der Waals surface area contributed by atoms with Gasteiger partial charge in [-0.15, -0.1) is 0 Å². The van der Waals surface area contributed by atoms with Gasteiger partial charge in [0.05, 0.1) is 6.10 Å². The smallest absolute Gasteiger partial charge is 0.251 e. The van der Waals surface area contributed by atoms with Crippen molar-refractivity contribution in [1.82, 2.24) is 10.6 Å². The molecule has 2 rings (SSSR count). The zero-order chi connectivity index (χ0) is 17.4. The van der Waals surface area contributed by atoms with Crippen molar-refractivity contribution in [2.24, 2.45) is 0 Å². The fourth-order valence-electron chi connectivity index (χ4n) is 2.56. The molecule has 2 atom stereocenters. The quantitative estimate of drug-likeness (QED) is 0.699. The topological polar surface area (TPSA) is 61.4 Å². The van der Waals surface area contributed by atoms with E-state index in [2.05, 4.69) is 17.6 Å². The first-order valence-corrected chi connectivity index (χ1v) is 8.37. The van der Waals surface area contributed by atoms with Crippen LogP contribution in [0.2, 0.25) is 0 Å². The van der Waals surface area contributed by atoms with E-state index in [1.807, 2.05) is 54.6 Å². The SMILES string of the molecule is CNC(=O)c1ccc(CC[C@H](C)NC[C@H](O)c2ccccc2)cc1. The van der Waals surface area contributed by atoms with E-state index in [1.165, 1.54) is 5.56 Å². The van der Waals surface area contributed by atoms with E-state index in [1.54, 1.807) is 7.05 Å². The summed E-state index contributed by atoms with van der Waals surface area (Å²) in [6, 6.07) is 17.7. The van der Waals surface area contributed by atoms with E-state index in [0.29, 0.717) is 18.2 Å². The van der Waals surface area contributed by atoms with Crippen LogP contribution in [0.4, 0.5) is 0 Å². The van der Waals surface area contributed by atoms with Gasteiger partial charge in [0.25, 0.3) is 5.91 Å². The number of hydrogen-bond acceptors (Lipinski definition) is 3. The Labute approximate surface area is 143 Å². The van der Waals surface area contributed by atoms with Crippen molar-refractivity contribution in [2.45, 2.75) is 31.9 Å². The third-order valence-corrected chi connectivity index (χ3v) is 4.15. The predicted molar refractivity (Wildman–Crippen MR) is 97.0 cm³/mol. The van der Waals surface area contributed by atoms with Gasteiger partial charge in [-0.2, -0.15) is 0 Å². The molecule has 0 aliphatic heterocycles. The maximum atomic E-state index is 11.5. The molecule has 0 radical (unpaired) electrons. The van der Waals surface area contributed by atoms with E-state index in [9.17, 15) is 9.90 Å². The maximum Gasteiger partial charge on any atom is 0.251 e. The Morgan fingerprint density at radius 3 is 2.38 bits per heavy atom. The molecule has 0 aromatic heterocycles. The Bertz CT molecular complexity index is 626. The minimum Gasteiger partial charge on any atom is -0.387 e. The van der Waals surface area contributed by atoms with E-state index in [-0.39, 0.29) is 5.91 Å². The normalized spacial score (nSPS) is 13.3. The number of carbonyl (C=O) groups is 1. The predicted octanol–water partition coefficient (Wildman–Crippen LogP) is 2.69. The highest BCUT2D eigenvalue weighted by molar-refractivity contribution is 5.93. The fourth-order valence-corrected chi connectivity index (χ4v) is 2.56. The number of carbonyl (C=O) groups excluding carboxylic acids is 1. The molecule has 0 bridgehead atoms. The Balaban J connectivity index is 1.75. The van der Waals surface area contributed by atoms with Crippen molar-refractivity contribution in [2.75, 3.05) is 13.6 Å². The van der Waals surface area contributed by atoms with Crippen LogP contribution in [-0.4, -0.2) is 30.6 Å². The molecule has 4 nitrogen and oxygen atoms in total.